The first-order valence-electron chi connectivity index (χ1n) is 4.60. The zero-order valence-corrected chi connectivity index (χ0v) is 8.76. The van der Waals surface area contributed by atoms with E-state index in [4.69, 9.17) is 0 Å². The zero-order valence-electron chi connectivity index (χ0n) is 8.76. The van der Waals surface area contributed by atoms with Crippen LogP contribution in [0.25, 0.3) is 5.57 Å². The number of allylic oxidation sites excluding steroid dienone is 2. The first-order valence-corrected chi connectivity index (χ1v) is 4.60. The summed E-state index contributed by atoms with van der Waals surface area (Å²) in [5.74, 6) is -0.115. The SMILES string of the molecule is C/C(F)=C(\C)c1ccccc1.CC. The first kappa shape index (κ1) is 11.9. The van der Waals surface area contributed by atoms with Gasteiger partial charge in [-0.05, 0) is 25.0 Å². The molecule has 0 fully saturated rings. The molecule has 0 atom stereocenters. The van der Waals surface area contributed by atoms with Gasteiger partial charge in [0.2, 0.25) is 0 Å². The minimum Gasteiger partial charge on any atom is -0.212 e. The van der Waals surface area contributed by atoms with Crippen molar-refractivity contribution in [2.24, 2.45) is 0 Å². The second-order valence-corrected chi connectivity index (χ2v) is 2.52. The summed E-state index contributed by atoms with van der Waals surface area (Å²) in [6.07, 6.45) is 0. The molecule has 0 N–H and O–H groups in total. The van der Waals surface area contributed by atoms with E-state index in [1.54, 1.807) is 6.92 Å². The molecule has 0 amide bonds. The molecule has 13 heavy (non-hydrogen) atoms. The summed E-state index contributed by atoms with van der Waals surface area (Å²) in [7, 11) is 0. The van der Waals surface area contributed by atoms with Crippen molar-refractivity contribution in [2.45, 2.75) is 27.7 Å². The van der Waals surface area contributed by atoms with Gasteiger partial charge in [-0.15, -0.1) is 0 Å². The van der Waals surface area contributed by atoms with E-state index in [2.05, 4.69) is 0 Å². The molecule has 0 saturated heterocycles. The molecule has 0 bridgehead atoms. The minimum absolute atomic E-state index is 0.115. The van der Waals surface area contributed by atoms with E-state index in [1.807, 2.05) is 44.2 Å². The van der Waals surface area contributed by atoms with Gasteiger partial charge in [-0.1, -0.05) is 44.2 Å². The van der Waals surface area contributed by atoms with E-state index in [-0.39, 0.29) is 5.83 Å². The monoisotopic (exact) mass is 180 g/mol. The highest BCUT2D eigenvalue weighted by Crippen LogP contribution is 2.17. The van der Waals surface area contributed by atoms with Crippen molar-refractivity contribution >= 4 is 5.57 Å². The summed E-state index contributed by atoms with van der Waals surface area (Å²) in [5.41, 5.74) is 1.66. The van der Waals surface area contributed by atoms with Gasteiger partial charge in [0.25, 0.3) is 0 Å². The average molecular weight is 180 g/mol. The van der Waals surface area contributed by atoms with Gasteiger partial charge in [0.05, 0.1) is 0 Å². The summed E-state index contributed by atoms with van der Waals surface area (Å²) in [6.45, 7) is 7.26. The zero-order chi connectivity index (χ0) is 10.3. The van der Waals surface area contributed by atoms with Gasteiger partial charge < -0.3 is 0 Å². The third-order valence-electron chi connectivity index (χ3n) is 1.72. The van der Waals surface area contributed by atoms with Crippen LogP contribution in [0.3, 0.4) is 0 Å². The Bertz CT molecular complexity index is 256. The van der Waals surface area contributed by atoms with Crippen molar-refractivity contribution in [1.82, 2.24) is 0 Å². The molecule has 0 unspecified atom stereocenters. The first-order chi connectivity index (χ1) is 6.22. The lowest BCUT2D eigenvalue weighted by molar-refractivity contribution is 0.643. The Morgan fingerprint density at radius 3 is 1.85 bits per heavy atom. The molecule has 0 aromatic heterocycles. The molecule has 1 rings (SSSR count). The Morgan fingerprint density at radius 2 is 1.46 bits per heavy atom. The van der Waals surface area contributed by atoms with Crippen LogP contribution in [-0.2, 0) is 0 Å². The molecule has 0 aliphatic carbocycles. The molecular weight excluding hydrogens is 163 g/mol. The third kappa shape index (κ3) is 3.88. The van der Waals surface area contributed by atoms with E-state index >= 15 is 0 Å². The van der Waals surface area contributed by atoms with Crippen molar-refractivity contribution in [3.63, 3.8) is 0 Å². The second kappa shape index (κ2) is 6.41. The van der Waals surface area contributed by atoms with Crippen molar-refractivity contribution < 1.29 is 4.39 Å². The Labute approximate surface area is 80.1 Å². The largest absolute Gasteiger partial charge is 0.212 e. The number of hydrogen-bond donors (Lipinski definition) is 0. The van der Waals surface area contributed by atoms with Crippen LogP contribution in [0.2, 0.25) is 0 Å². The average Bonchev–Trinajstić information content (AvgIpc) is 2.21. The highest BCUT2D eigenvalue weighted by atomic mass is 19.1. The quantitative estimate of drug-likeness (QED) is 0.599. The normalized spacial score (nSPS) is 11.2. The van der Waals surface area contributed by atoms with Gasteiger partial charge >= 0.3 is 0 Å². The molecule has 0 heterocycles. The highest BCUT2D eigenvalue weighted by molar-refractivity contribution is 5.64. The molecule has 1 aromatic carbocycles. The maximum atomic E-state index is 12.7. The van der Waals surface area contributed by atoms with Gasteiger partial charge in [0.15, 0.2) is 0 Å². The molecule has 0 radical (unpaired) electrons. The maximum Gasteiger partial charge on any atom is 0.100 e. The Balaban J connectivity index is 0.000000671. The van der Waals surface area contributed by atoms with Gasteiger partial charge in [-0.3, -0.25) is 0 Å². The molecule has 72 valence electrons. The number of hydrogen-bond acceptors (Lipinski definition) is 0. The van der Waals surface area contributed by atoms with Crippen LogP contribution in [-0.4, -0.2) is 0 Å². The summed E-state index contributed by atoms with van der Waals surface area (Å²) in [6, 6.07) is 9.53. The van der Waals surface area contributed by atoms with Crippen LogP contribution in [0.1, 0.15) is 33.3 Å². The Morgan fingerprint density at radius 1 is 1.00 bits per heavy atom. The van der Waals surface area contributed by atoms with Crippen molar-refractivity contribution in [3.8, 4) is 0 Å². The van der Waals surface area contributed by atoms with E-state index in [9.17, 15) is 4.39 Å². The van der Waals surface area contributed by atoms with Crippen LogP contribution in [0.15, 0.2) is 36.2 Å². The molecule has 0 spiro atoms. The van der Waals surface area contributed by atoms with Crippen molar-refractivity contribution in [3.05, 3.63) is 41.7 Å². The minimum atomic E-state index is -0.115. The van der Waals surface area contributed by atoms with E-state index in [0.717, 1.165) is 5.56 Å². The molecule has 0 saturated carbocycles. The fourth-order valence-corrected chi connectivity index (χ4v) is 0.887. The van der Waals surface area contributed by atoms with E-state index in [0.29, 0.717) is 5.57 Å². The maximum absolute atomic E-state index is 12.7. The topological polar surface area (TPSA) is 0 Å². The summed E-state index contributed by atoms with van der Waals surface area (Å²) < 4.78 is 12.7. The van der Waals surface area contributed by atoms with Crippen LogP contribution in [0.5, 0.6) is 0 Å². The van der Waals surface area contributed by atoms with Gasteiger partial charge in [0, 0.05) is 0 Å². The van der Waals surface area contributed by atoms with Gasteiger partial charge in [-0.25, -0.2) is 4.39 Å². The van der Waals surface area contributed by atoms with Crippen molar-refractivity contribution in [2.75, 3.05) is 0 Å². The van der Waals surface area contributed by atoms with Crippen LogP contribution < -0.4 is 0 Å². The smallest absolute Gasteiger partial charge is 0.100 e. The van der Waals surface area contributed by atoms with Gasteiger partial charge in [0.1, 0.15) is 5.83 Å². The molecule has 1 heteroatoms. The molecular formula is C12H17F. The Kier molecular flexibility index (Phi) is 5.86. The molecule has 0 aliphatic rings. The summed E-state index contributed by atoms with van der Waals surface area (Å²) in [4.78, 5) is 0. The predicted molar refractivity (Wildman–Crippen MR) is 57.2 cm³/mol. The van der Waals surface area contributed by atoms with Crippen LogP contribution >= 0.6 is 0 Å². The van der Waals surface area contributed by atoms with Crippen LogP contribution in [0, 0.1) is 0 Å². The lowest BCUT2D eigenvalue weighted by Gasteiger charge is -1.99. The van der Waals surface area contributed by atoms with E-state index in [1.165, 1.54) is 6.92 Å². The lowest BCUT2D eigenvalue weighted by atomic mass is 10.1. The Hall–Kier alpha value is -1.11. The highest BCUT2D eigenvalue weighted by Gasteiger charge is 1.96. The third-order valence-corrected chi connectivity index (χ3v) is 1.72. The predicted octanol–water partition coefficient (Wildman–Crippen LogP) is 4.43. The lowest BCUT2D eigenvalue weighted by Crippen LogP contribution is -1.79. The standard InChI is InChI=1S/C10H11F.C2H6/c1-8(9(2)11)10-6-4-3-5-7-10;1-2/h3-7H,1-2H3;1-2H3/b9-8-;. The number of halogens is 1. The molecule has 1 aromatic rings. The van der Waals surface area contributed by atoms with Crippen LogP contribution in [0.4, 0.5) is 4.39 Å². The summed E-state index contributed by atoms with van der Waals surface area (Å²) >= 11 is 0. The molecule has 0 aliphatic heterocycles. The van der Waals surface area contributed by atoms with Gasteiger partial charge in [-0.2, -0.15) is 0 Å². The van der Waals surface area contributed by atoms with Crippen molar-refractivity contribution in [1.29, 1.82) is 0 Å². The van der Waals surface area contributed by atoms with E-state index < -0.39 is 0 Å². The second-order valence-electron chi connectivity index (χ2n) is 2.52. The number of benzene rings is 1. The summed E-state index contributed by atoms with van der Waals surface area (Å²) in [5, 5.41) is 0. The fraction of sp³-hybridized carbons (Fsp3) is 0.333. The molecule has 0 nitrogen and oxygen atoms in total. The number of rotatable bonds is 1. The fourth-order valence-electron chi connectivity index (χ4n) is 0.887.